The lowest BCUT2D eigenvalue weighted by Crippen LogP contribution is -2.44. The van der Waals surface area contributed by atoms with Gasteiger partial charge in [0.2, 0.25) is 0 Å². The molecule has 1 saturated heterocycles. The summed E-state index contributed by atoms with van der Waals surface area (Å²) in [6, 6.07) is 5.79. The second-order valence-corrected chi connectivity index (χ2v) is 7.38. The van der Waals surface area contributed by atoms with E-state index in [-0.39, 0.29) is 5.41 Å². The second-order valence-electron chi connectivity index (χ2n) is 5.30. The molecule has 1 aromatic carbocycles. The van der Waals surface area contributed by atoms with Gasteiger partial charge in [-0.3, -0.25) is 0 Å². The van der Waals surface area contributed by atoms with E-state index in [0.29, 0.717) is 10.6 Å². The van der Waals surface area contributed by atoms with Gasteiger partial charge in [-0.2, -0.15) is 0 Å². The predicted octanol–water partition coefficient (Wildman–Crippen LogP) is 1.69. The van der Waals surface area contributed by atoms with E-state index >= 15 is 0 Å². The van der Waals surface area contributed by atoms with Crippen LogP contribution in [0.1, 0.15) is 24.5 Å². The first kappa shape index (κ1) is 11.2. The molecule has 0 saturated carbocycles. The van der Waals surface area contributed by atoms with Crippen LogP contribution in [0.4, 0.5) is 0 Å². The maximum atomic E-state index is 11.9. The fraction of sp³-hybridized carbons (Fsp3) is 0.538. The summed E-state index contributed by atoms with van der Waals surface area (Å²) in [6.07, 6.45) is 1.62. The third-order valence-corrected chi connectivity index (χ3v) is 5.69. The minimum Gasteiger partial charge on any atom is -0.379 e. The van der Waals surface area contributed by atoms with Crippen molar-refractivity contribution in [3.05, 3.63) is 29.3 Å². The number of sulfone groups is 1. The molecule has 0 N–H and O–H groups in total. The van der Waals surface area contributed by atoms with Gasteiger partial charge in [-0.25, -0.2) is 8.42 Å². The molecule has 0 unspecified atom stereocenters. The lowest BCUT2D eigenvalue weighted by molar-refractivity contribution is -0.0500. The van der Waals surface area contributed by atoms with Gasteiger partial charge in [0.25, 0.3) is 0 Å². The summed E-state index contributed by atoms with van der Waals surface area (Å²) in [4.78, 5) is 0.538. The van der Waals surface area contributed by atoms with Crippen LogP contribution in [0.15, 0.2) is 23.1 Å². The molecule has 0 bridgehead atoms. The smallest absolute Gasteiger partial charge is 0.178 e. The van der Waals surface area contributed by atoms with Crippen molar-refractivity contribution >= 4 is 9.84 Å². The van der Waals surface area contributed by atoms with Gasteiger partial charge in [0.1, 0.15) is 0 Å². The molecule has 1 aromatic rings. The molecule has 17 heavy (non-hydrogen) atoms. The van der Waals surface area contributed by atoms with Gasteiger partial charge < -0.3 is 4.74 Å². The van der Waals surface area contributed by atoms with Gasteiger partial charge in [-0.05, 0) is 30.0 Å². The molecule has 1 fully saturated rings. The fourth-order valence-electron chi connectivity index (χ4n) is 2.59. The highest BCUT2D eigenvalue weighted by Gasteiger charge is 2.36. The minimum absolute atomic E-state index is 0.0796. The number of ether oxygens (including phenoxy) is 1. The maximum absolute atomic E-state index is 11.9. The van der Waals surface area contributed by atoms with E-state index in [1.807, 2.05) is 6.07 Å². The molecule has 0 atom stereocenters. The Labute approximate surface area is 102 Å². The third kappa shape index (κ3) is 1.70. The van der Waals surface area contributed by atoms with E-state index < -0.39 is 9.84 Å². The average Bonchev–Trinajstić information content (AvgIpc) is 2.25. The van der Waals surface area contributed by atoms with Crippen molar-refractivity contribution in [1.82, 2.24) is 0 Å². The molecule has 0 spiro atoms. The van der Waals surface area contributed by atoms with Crippen molar-refractivity contribution in [3.63, 3.8) is 0 Å². The standard InChI is InChI=1S/C13H16O3S/c1-13(8-16-9-13)11-4-5-12-10(7-11)3-2-6-17(12,14)15/h4-5,7H,2-3,6,8-9H2,1H3. The Balaban J connectivity index is 2.08. The Hall–Kier alpha value is -0.870. The van der Waals surface area contributed by atoms with E-state index in [1.165, 1.54) is 5.56 Å². The van der Waals surface area contributed by atoms with Crippen molar-refractivity contribution in [2.24, 2.45) is 0 Å². The minimum atomic E-state index is -3.02. The Morgan fingerprint density at radius 2 is 2.06 bits per heavy atom. The molecule has 0 aliphatic carbocycles. The van der Waals surface area contributed by atoms with E-state index in [4.69, 9.17) is 4.74 Å². The SMILES string of the molecule is CC1(c2ccc3c(c2)CCCS3(=O)=O)COC1. The maximum Gasteiger partial charge on any atom is 0.178 e. The van der Waals surface area contributed by atoms with Gasteiger partial charge >= 0.3 is 0 Å². The van der Waals surface area contributed by atoms with Gasteiger partial charge in [-0.1, -0.05) is 19.1 Å². The third-order valence-electron chi connectivity index (χ3n) is 3.79. The number of rotatable bonds is 1. The predicted molar refractivity (Wildman–Crippen MR) is 65.0 cm³/mol. The molecular weight excluding hydrogens is 236 g/mol. The molecule has 92 valence electrons. The zero-order valence-corrected chi connectivity index (χ0v) is 10.7. The van der Waals surface area contributed by atoms with Crippen LogP contribution < -0.4 is 0 Å². The van der Waals surface area contributed by atoms with Crippen LogP contribution in [-0.4, -0.2) is 27.4 Å². The van der Waals surface area contributed by atoms with E-state index in [2.05, 4.69) is 13.0 Å². The lowest BCUT2D eigenvalue weighted by Gasteiger charge is -2.39. The molecule has 4 heteroatoms. The largest absolute Gasteiger partial charge is 0.379 e. The summed E-state index contributed by atoms with van der Waals surface area (Å²) in [5, 5.41) is 0. The molecule has 0 aromatic heterocycles. The summed E-state index contributed by atoms with van der Waals surface area (Å²) in [7, 11) is -3.02. The Kier molecular flexibility index (Phi) is 2.35. The van der Waals surface area contributed by atoms with Crippen molar-refractivity contribution < 1.29 is 13.2 Å². The fourth-order valence-corrected chi connectivity index (χ4v) is 4.17. The number of fused-ring (bicyclic) bond motifs is 1. The topological polar surface area (TPSA) is 43.4 Å². The van der Waals surface area contributed by atoms with E-state index in [9.17, 15) is 8.42 Å². The van der Waals surface area contributed by atoms with Crippen LogP contribution in [0.2, 0.25) is 0 Å². The highest BCUT2D eigenvalue weighted by molar-refractivity contribution is 7.91. The van der Waals surface area contributed by atoms with Gasteiger partial charge in [0.15, 0.2) is 9.84 Å². The first-order valence-corrected chi connectivity index (χ1v) is 7.60. The van der Waals surface area contributed by atoms with Crippen LogP contribution >= 0.6 is 0 Å². The van der Waals surface area contributed by atoms with E-state index in [0.717, 1.165) is 31.6 Å². The Bertz CT molecular complexity index is 556. The molecular formula is C13H16O3S. The molecule has 2 aliphatic heterocycles. The number of hydrogen-bond donors (Lipinski definition) is 0. The van der Waals surface area contributed by atoms with Crippen LogP contribution in [-0.2, 0) is 26.4 Å². The molecule has 0 radical (unpaired) electrons. The highest BCUT2D eigenvalue weighted by Crippen LogP contribution is 2.35. The summed E-state index contributed by atoms with van der Waals surface area (Å²) in [5.41, 5.74) is 2.28. The zero-order valence-electron chi connectivity index (χ0n) is 9.90. The molecule has 3 rings (SSSR count). The Morgan fingerprint density at radius 3 is 2.71 bits per heavy atom. The normalized spacial score (nSPS) is 24.8. The molecule has 2 heterocycles. The Morgan fingerprint density at radius 1 is 1.29 bits per heavy atom. The van der Waals surface area contributed by atoms with E-state index in [1.54, 1.807) is 6.07 Å². The summed E-state index contributed by atoms with van der Waals surface area (Å²) < 4.78 is 29.0. The molecule has 2 aliphatic rings. The lowest BCUT2D eigenvalue weighted by atomic mass is 9.80. The van der Waals surface area contributed by atoms with Gasteiger partial charge in [0.05, 0.1) is 23.9 Å². The van der Waals surface area contributed by atoms with Gasteiger partial charge in [-0.15, -0.1) is 0 Å². The number of benzene rings is 1. The first-order chi connectivity index (χ1) is 8.01. The zero-order chi connectivity index (χ0) is 12.1. The molecule has 0 amide bonds. The van der Waals surface area contributed by atoms with Crippen LogP contribution in [0.5, 0.6) is 0 Å². The van der Waals surface area contributed by atoms with Crippen molar-refractivity contribution in [1.29, 1.82) is 0 Å². The average molecular weight is 252 g/mol. The van der Waals surface area contributed by atoms with Crippen LogP contribution in [0.3, 0.4) is 0 Å². The first-order valence-electron chi connectivity index (χ1n) is 5.95. The quantitative estimate of drug-likeness (QED) is 0.764. The van der Waals surface area contributed by atoms with Crippen LogP contribution in [0.25, 0.3) is 0 Å². The summed E-state index contributed by atoms with van der Waals surface area (Å²) in [6.45, 7) is 3.63. The number of hydrogen-bond acceptors (Lipinski definition) is 3. The van der Waals surface area contributed by atoms with Crippen molar-refractivity contribution in [3.8, 4) is 0 Å². The second kappa shape index (κ2) is 3.56. The summed E-state index contributed by atoms with van der Waals surface area (Å²) >= 11 is 0. The van der Waals surface area contributed by atoms with Gasteiger partial charge in [0, 0.05) is 5.41 Å². The monoisotopic (exact) mass is 252 g/mol. The van der Waals surface area contributed by atoms with Crippen molar-refractivity contribution in [2.75, 3.05) is 19.0 Å². The highest BCUT2D eigenvalue weighted by atomic mass is 32.2. The number of aryl methyl sites for hydroxylation is 1. The van der Waals surface area contributed by atoms with Crippen LogP contribution in [0, 0.1) is 0 Å². The molecule has 3 nitrogen and oxygen atoms in total. The summed E-state index contributed by atoms with van der Waals surface area (Å²) in [5.74, 6) is 0.291. The van der Waals surface area contributed by atoms with Crippen molar-refractivity contribution in [2.45, 2.75) is 30.1 Å².